The molecule has 0 aliphatic carbocycles. The lowest BCUT2D eigenvalue weighted by molar-refractivity contribution is 0.801. The van der Waals surface area contributed by atoms with Gasteiger partial charge in [-0.25, -0.2) is 9.98 Å². The zero-order valence-electron chi connectivity index (χ0n) is 18.0. The Morgan fingerprint density at radius 1 is 1.17 bits per heavy atom. The zero-order chi connectivity index (χ0) is 20.8. The van der Waals surface area contributed by atoms with Crippen molar-refractivity contribution in [1.82, 2.24) is 20.6 Å². The Balaban J connectivity index is 1.33. The van der Waals surface area contributed by atoms with Crippen LogP contribution in [-0.4, -0.2) is 42.1 Å². The van der Waals surface area contributed by atoms with Gasteiger partial charge in [-0.2, -0.15) is 0 Å². The highest BCUT2D eigenvalue weighted by Gasteiger charge is 2.13. The van der Waals surface area contributed by atoms with Crippen LogP contribution in [0.25, 0.3) is 10.9 Å². The highest BCUT2D eigenvalue weighted by molar-refractivity contribution is 5.84. The number of aromatic amines is 1. The molecule has 3 heterocycles. The molecule has 0 spiro atoms. The average molecular weight is 405 g/mol. The minimum atomic E-state index is 0.620. The number of aromatic nitrogens is 2. The number of fused-ring (bicyclic) bond motifs is 1. The van der Waals surface area contributed by atoms with Crippen LogP contribution in [0.3, 0.4) is 0 Å². The smallest absolute Gasteiger partial charge is 0.191 e. The standard InChI is InChI=1S/C24H32N6/c1-3-25-24(26-11-10-20-17-27-22-14-18(2)6-8-21(20)22)29-16-19-7-9-23(28-15-19)30-12-4-5-13-30/h6-9,14-15,17,27H,3-5,10-13,16H2,1-2H3,(H2,25,26,29). The van der Waals surface area contributed by atoms with Gasteiger partial charge in [0.1, 0.15) is 5.82 Å². The van der Waals surface area contributed by atoms with Crippen molar-refractivity contribution in [3.05, 3.63) is 59.4 Å². The Morgan fingerprint density at radius 3 is 2.80 bits per heavy atom. The third-order valence-electron chi connectivity index (χ3n) is 5.61. The Kier molecular flexibility index (Phi) is 6.52. The molecule has 6 heteroatoms. The third kappa shape index (κ3) is 4.93. The minimum Gasteiger partial charge on any atom is -0.361 e. The summed E-state index contributed by atoms with van der Waals surface area (Å²) in [5.74, 6) is 1.93. The molecule has 3 aromatic rings. The monoisotopic (exact) mass is 404 g/mol. The molecule has 1 aliphatic heterocycles. The van der Waals surface area contributed by atoms with Gasteiger partial charge in [0.05, 0.1) is 6.54 Å². The molecule has 0 radical (unpaired) electrons. The van der Waals surface area contributed by atoms with Crippen molar-refractivity contribution < 1.29 is 0 Å². The van der Waals surface area contributed by atoms with Crippen LogP contribution in [0, 0.1) is 6.92 Å². The average Bonchev–Trinajstić information content (AvgIpc) is 3.43. The maximum absolute atomic E-state index is 4.74. The number of hydrogen-bond acceptors (Lipinski definition) is 3. The second-order valence-corrected chi connectivity index (χ2v) is 7.95. The van der Waals surface area contributed by atoms with E-state index >= 15 is 0 Å². The Labute approximate surface area is 178 Å². The lowest BCUT2D eigenvalue weighted by Crippen LogP contribution is -2.38. The van der Waals surface area contributed by atoms with Crippen LogP contribution in [0.15, 0.2) is 47.7 Å². The second-order valence-electron chi connectivity index (χ2n) is 7.95. The molecule has 30 heavy (non-hydrogen) atoms. The summed E-state index contributed by atoms with van der Waals surface area (Å²) in [4.78, 5) is 15.1. The van der Waals surface area contributed by atoms with Crippen LogP contribution in [-0.2, 0) is 13.0 Å². The van der Waals surface area contributed by atoms with Gasteiger partial charge in [0, 0.05) is 49.5 Å². The quantitative estimate of drug-likeness (QED) is 0.414. The minimum absolute atomic E-state index is 0.620. The van der Waals surface area contributed by atoms with Crippen LogP contribution >= 0.6 is 0 Å². The first kappa shape index (κ1) is 20.3. The SMILES string of the molecule is CCNC(=NCc1ccc(N2CCCC2)nc1)NCCc1c[nH]c2cc(C)ccc12. The number of pyridine rings is 1. The molecule has 3 N–H and O–H groups in total. The molecule has 1 aliphatic rings. The third-order valence-corrected chi connectivity index (χ3v) is 5.61. The predicted octanol–water partition coefficient (Wildman–Crippen LogP) is 3.77. The van der Waals surface area contributed by atoms with Crippen molar-refractivity contribution in [1.29, 1.82) is 0 Å². The molecule has 4 rings (SSSR count). The van der Waals surface area contributed by atoms with E-state index in [-0.39, 0.29) is 0 Å². The van der Waals surface area contributed by atoms with Crippen LogP contribution < -0.4 is 15.5 Å². The number of anilines is 1. The Bertz CT molecular complexity index is 983. The highest BCUT2D eigenvalue weighted by Crippen LogP contribution is 2.20. The summed E-state index contributed by atoms with van der Waals surface area (Å²) in [5.41, 5.74) is 4.94. The van der Waals surface area contributed by atoms with E-state index in [9.17, 15) is 0 Å². The van der Waals surface area contributed by atoms with Crippen molar-refractivity contribution in [3.8, 4) is 0 Å². The number of nitrogens with one attached hydrogen (secondary N) is 3. The molecule has 0 amide bonds. The first-order chi connectivity index (χ1) is 14.7. The van der Waals surface area contributed by atoms with E-state index in [1.54, 1.807) is 0 Å². The van der Waals surface area contributed by atoms with E-state index in [0.717, 1.165) is 49.9 Å². The molecule has 1 saturated heterocycles. The molecule has 1 fully saturated rings. The van der Waals surface area contributed by atoms with Gasteiger partial charge in [-0.1, -0.05) is 18.2 Å². The van der Waals surface area contributed by atoms with Gasteiger partial charge in [0.15, 0.2) is 5.96 Å². The van der Waals surface area contributed by atoms with E-state index < -0.39 is 0 Å². The molecular weight excluding hydrogens is 372 g/mol. The molecule has 0 atom stereocenters. The predicted molar refractivity (Wildman–Crippen MR) is 125 cm³/mol. The Morgan fingerprint density at radius 2 is 2.03 bits per heavy atom. The summed E-state index contributed by atoms with van der Waals surface area (Å²) in [6.45, 7) is 8.74. The number of aliphatic imine (C=N–C) groups is 1. The number of nitrogens with zero attached hydrogens (tertiary/aromatic N) is 3. The summed E-state index contributed by atoms with van der Waals surface area (Å²) < 4.78 is 0. The molecular formula is C24H32N6. The van der Waals surface area contributed by atoms with Gasteiger partial charge in [-0.05, 0) is 61.9 Å². The van der Waals surface area contributed by atoms with E-state index in [1.807, 2.05) is 6.20 Å². The van der Waals surface area contributed by atoms with Gasteiger partial charge in [-0.3, -0.25) is 0 Å². The first-order valence-corrected chi connectivity index (χ1v) is 11.0. The van der Waals surface area contributed by atoms with Crippen molar-refractivity contribution in [3.63, 3.8) is 0 Å². The van der Waals surface area contributed by atoms with E-state index in [0.29, 0.717) is 6.54 Å². The van der Waals surface area contributed by atoms with Gasteiger partial charge in [-0.15, -0.1) is 0 Å². The number of rotatable bonds is 7. The molecule has 158 valence electrons. The number of benzene rings is 1. The first-order valence-electron chi connectivity index (χ1n) is 11.0. The Hall–Kier alpha value is -3.02. The lowest BCUT2D eigenvalue weighted by Gasteiger charge is -2.16. The molecule has 6 nitrogen and oxygen atoms in total. The number of hydrogen-bond donors (Lipinski definition) is 3. The maximum Gasteiger partial charge on any atom is 0.191 e. The summed E-state index contributed by atoms with van der Waals surface area (Å²) >= 11 is 0. The van der Waals surface area contributed by atoms with Crippen molar-refractivity contribution in [2.24, 2.45) is 4.99 Å². The van der Waals surface area contributed by atoms with E-state index in [4.69, 9.17) is 4.99 Å². The van der Waals surface area contributed by atoms with Gasteiger partial charge in [0.2, 0.25) is 0 Å². The van der Waals surface area contributed by atoms with E-state index in [2.05, 4.69) is 75.9 Å². The largest absolute Gasteiger partial charge is 0.361 e. The number of guanidine groups is 1. The fraction of sp³-hybridized carbons (Fsp3) is 0.417. The van der Waals surface area contributed by atoms with Crippen LogP contribution in [0.4, 0.5) is 5.82 Å². The molecule has 0 bridgehead atoms. The molecule has 2 aromatic heterocycles. The van der Waals surface area contributed by atoms with Crippen molar-refractivity contribution >= 4 is 22.7 Å². The van der Waals surface area contributed by atoms with Crippen molar-refractivity contribution in [2.45, 2.75) is 39.7 Å². The van der Waals surface area contributed by atoms with Crippen LogP contribution in [0.1, 0.15) is 36.5 Å². The number of aryl methyl sites for hydroxylation is 1. The number of H-pyrrole nitrogens is 1. The summed E-state index contributed by atoms with van der Waals surface area (Å²) in [6, 6.07) is 10.8. The summed E-state index contributed by atoms with van der Waals surface area (Å²) in [5, 5.41) is 8.09. The second kappa shape index (κ2) is 9.65. The van der Waals surface area contributed by atoms with Crippen LogP contribution in [0.5, 0.6) is 0 Å². The summed E-state index contributed by atoms with van der Waals surface area (Å²) in [6.07, 6.45) is 7.55. The van der Waals surface area contributed by atoms with Gasteiger partial charge >= 0.3 is 0 Å². The molecule has 0 unspecified atom stereocenters. The zero-order valence-corrected chi connectivity index (χ0v) is 18.0. The van der Waals surface area contributed by atoms with Crippen LogP contribution in [0.2, 0.25) is 0 Å². The molecule has 0 saturated carbocycles. The normalized spacial score (nSPS) is 14.5. The summed E-state index contributed by atoms with van der Waals surface area (Å²) in [7, 11) is 0. The molecule has 1 aromatic carbocycles. The lowest BCUT2D eigenvalue weighted by atomic mass is 10.1. The van der Waals surface area contributed by atoms with Gasteiger partial charge in [0.25, 0.3) is 0 Å². The van der Waals surface area contributed by atoms with Crippen molar-refractivity contribution in [2.75, 3.05) is 31.1 Å². The topological polar surface area (TPSA) is 68.3 Å². The fourth-order valence-electron chi connectivity index (χ4n) is 3.98. The van der Waals surface area contributed by atoms with Gasteiger partial charge < -0.3 is 20.5 Å². The maximum atomic E-state index is 4.74. The highest BCUT2D eigenvalue weighted by atomic mass is 15.2. The van der Waals surface area contributed by atoms with E-state index in [1.165, 1.54) is 34.9 Å². The fourth-order valence-corrected chi connectivity index (χ4v) is 3.98.